The normalized spacial score (nSPS) is 13.3. The number of ether oxygens (including phenoxy) is 1. The van der Waals surface area contributed by atoms with E-state index in [4.69, 9.17) is 21.3 Å². The lowest BCUT2D eigenvalue weighted by molar-refractivity contribution is 0.410. The van der Waals surface area contributed by atoms with Gasteiger partial charge in [-0.1, -0.05) is 41.6 Å². The number of amidine groups is 1. The van der Waals surface area contributed by atoms with Crippen molar-refractivity contribution >= 4 is 51.7 Å². The molecule has 4 aromatic rings. The number of para-hydroxylation sites is 1. The van der Waals surface area contributed by atoms with E-state index in [1.807, 2.05) is 42.5 Å². The zero-order valence-corrected chi connectivity index (χ0v) is 17.6. The second-order valence-electron chi connectivity index (χ2n) is 6.59. The van der Waals surface area contributed by atoms with Crippen LogP contribution >= 0.6 is 23.4 Å². The summed E-state index contributed by atoms with van der Waals surface area (Å²) in [5, 5.41) is 1.48. The SMILES string of the molecule is COc1cccc2c1CN(c1ccccc1Cl)C(CSc1ncnc3[nH]cnc13)=N2. The smallest absolute Gasteiger partial charge is 0.161 e. The molecule has 0 aliphatic carbocycles. The van der Waals surface area contributed by atoms with Crippen LogP contribution in [0.2, 0.25) is 5.02 Å². The number of thioether (sulfide) groups is 1. The van der Waals surface area contributed by atoms with Crippen molar-refractivity contribution in [3.05, 3.63) is 65.7 Å². The molecule has 1 aliphatic rings. The maximum Gasteiger partial charge on any atom is 0.161 e. The van der Waals surface area contributed by atoms with Crippen molar-refractivity contribution in [2.45, 2.75) is 11.6 Å². The number of hydrogen-bond acceptors (Lipinski definition) is 7. The van der Waals surface area contributed by atoms with Crippen LogP contribution in [0.5, 0.6) is 5.75 Å². The molecule has 0 saturated carbocycles. The molecule has 0 spiro atoms. The summed E-state index contributed by atoms with van der Waals surface area (Å²) in [6.45, 7) is 0.615. The highest BCUT2D eigenvalue weighted by Gasteiger charge is 2.25. The van der Waals surface area contributed by atoms with Gasteiger partial charge in [0.25, 0.3) is 0 Å². The predicted octanol–water partition coefficient (Wildman–Crippen LogP) is 4.86. The number of aliphatic imine (C=N–C) groups is 1. The fourth-order valence-electron chi connectivity index (χ4n) is 3.44. The molecule has 30 heavy (non-hydrogen) atoms. The van der Waals surface area contributed by atoms with Crippen LogP contribution < -0.4 is 9.64 Å². The molecule has 9 heteroatoms. The lowest BCUT2D eigenvalue weighted by Crippen LogP contribution is -2.34. The zero-order chi connectivity index (χ0) is 20.5. The number of aromatic amines is 1. The van der Waals surface area contributed by atoms with Crippen LogP contribution in [0, 0.1) is 0 Å². The van der Waals surface area contributed by atoms with Gasteiger partial charge in [-0.15, -0.1) is 0 Å². The van der Waals surface area contributed by atoms with Gasteiger partial charge in [0.15, 0.2) is 5.65 Å². The molecule has 0 bridgehead atoms. The van der Waals surface area contributed by atoms with Crippen molar-refractivity contribution in [3.63, 3.8) is 0 Å². The molecule has 2 aromatic heterocycles. The van der Waals surface area contributed by atoms with Gasteiger partial charge in [-0.2, -0.15) is 0 Å². The molecular formula is C21H17ClN6OS. The van der Waals surface area contributed by atoms with Gasteiger partial charge in [0.2, 0.25) is 0 Å². The standard InChI is InChI=1S/C21H17ClN6OS/c1-29-17-8-4-6-15-13(17)9-28(16-7-3-2-5-14(16)22)18(27-15)10-30-21-19-20(24-11-23-19)25-12-26-21/h2-8,11-12H,9-10H2,1H3,(H,23,24,25,26). The van der Waals surface area contributed by atoms with E-state index < -0.39 is 0 Å². The number of rotatable bonds is 5. The molecule has 7 nitrogen and oxygen atoms in total. The van der Waals surface area contributed by atoms with Crippen molar-refractivity contribution in [2.24, 2.45) is 4.99 Å². The summed E-state index contributed by atoms with van der Waals surface area (Å²) in [6.07, 6.45) is 3.16. The third-order valence-electron chi connectivity index (χ3n) is 4.87. The topological polar surface area (TPSA) is 79.3 Å². The van der Waals surface area contributed by atoms with E-state index >= 15 is 0 Å². The first-order valence-electron chi connectivity index (χ1n) is 9.27. The minimum Gasteiger partial charge on any atom is -0.496 e. The summed E-state index contributed by atoms with van der Waals surface area (Å²) in [5.74, 6) is 2.30. The Balaban J connectivity index is 1.54. The molecule has 0 radical (unpaired) electrons. The highest BCUT2D eigenvalue weighted by Crippen LogP contribution is 2.38. The lowest BCUT2D eigenvalue weighted by atomic mass is 10.1. The Kier molecular flexibility index (Phi) is 5.02. The van der Waals surface area contributed by atoms with Gasteiger partial charge in [0.05, 0.1) is 42.1 Å². The summed E-state index contributed by atoms with van der Waals surface area (Å²) in [7, 11) is 1.68. The summed E-state index contributed by atoms with van der Waals surface area (Å²) in [4.78, 5) is 23.0. The molecule has 1 N–H and O–H groups in total. The quantitative estimate of drug-likeness (QED) is 0.355. The van der Waals surface area contributed by atoms with Gasteiger partial charge in [0.1, 0.15) is 28.5 Å². The number of aromatic nitrogens is 4. The highest BCUT2D eigenvalue weighted by molar-refractivity contribution is 8.00. The second kappa shape index (κ2) is 7.97. The average molecular weight is 437 g/mol. The first-order valence-corrected chi connectivity index (χ1v) is 10.6. The van der Waals surface area contributed by atoms with E-state index in [1.54, 1.807) is 25.2 Å². The first kappa shape index (κ1) is 18.9. The Bertz CT molecular complexity index is 1260. The van der Waals surface area contributed by atoms with Gasteiger partial charge >= 0.3 is 0 Å². The van der Waals surface area contributed by atoms with Crippen LogP contribution in [0.4, 0.5) is 11.4 Å². The van der Waals surface area contributed by atoms with Crippen LogP contribution in [-0.4, -0.2) is 38.6 Å². The maximum atomic E-state index is 6.53. The Morgan fingerprint density at radius 2 is 2.03 bits per heavy atom. The Hall–Kier alpha value is -3.10. The third kappa shape index (κ3) is 3.38. The number of imidazole rings is 1. The molecule has 0 amide bonds. The number of methoxy groups -OCH3 is 1. The number of H-pyrrole nitrogens is 1. The van der Waals surface area contributed by atoms with Crippen molar-refractivity contribution in [1.29, 1.82) is 0 Å². The van der Waals surface area contributed by atoms with E-state index in [1.165, 1.54) is 6.33 Å². The monoisotopic (exact) mass is 436 g/mol. The van der Waals surface area contributed by atoms with Crippen LogP contribution in [0.25, 0.3) is 11.2 Å². The van der Waals surface area contributed by atoms with Gasteiger partial charge in [-0.25, -0.2) is 19.9 Å². The van der Waals surface area contributed by atoms with E-state index in [2.05, 4.69) is 24.8 Å². The second-order valence-corrected chi connectivity index (χ2v) is 7.96. The molecule has 5 rings (SSSR count). The number of benzene rings is 2. The Morgan fingerprint density at radius 1 is 1.13 bits per heavy atom. The van der Waals surface area contributed by atoms with Crippen molar-refractivity contribution in [2.75, 3.05) is 17.8 Å². The molecule has 3 heterocycles. The fraction of sp³-hybridized carbons (Fsp3) is 0.143. The summed E-state index contributed by atoms with van der Waals surface area (Å²) < 4.78 is 5.57. The number of nitrogens with one attached hydrogen (secondary N) is 1. The lowest BCUT2D eigenvalue weighted by Gasteiger charge is -2.32. The Labute approximate surface area is 182 Å². The zero-order valence-electron chi connectivity index (χ0n) is 16.0. The highest BCUT2D eigenvalue weighted by atomic mass is 35.5. The molecule has 0 atom stereocenters. The minimum atomic E-state index is 0.598. The molecule has 0 unspecified atom stereocenters. The number of halogens is 1. The van der Waals surface area contributed by atoms with Gasteiger partial charge in [0, 0.05) is 5.56 Å². The van der Waals surface area contributed by atoms with Gasteiger partial charge < -0.3 is 14.6 Å². The summed E-state index contributed by atoms with van der Waals surface area (Å²) >= 11 is 8.10. The van der Waals surface area contributed by atoms with Crippen molar-refractivity contribution < 1.29 is 4.74 Å². The van der Waals surface area contributed by atoms with Crippen molar-refractivity contribution in [1.82, 2.24) is 19.9 Å². The van der Waals surface area contributed by atoms with Gasteiger partial charge in [-0.3, -0.25) is 0 Å². The largest absolute Gasteiger partial charge is 0.496 e. The molecule has 2 aromatic carbocycles. The number of hydrogen-bond donors (Lipinski definition) is 1. The van der Waals surface area contributed by atoms with Crippen LogP contribution in [0.3, 0.4) is 0 Å². The van der Waals surface area contributed by atoms with Crippen LogP contribution in [-0.2, 0) is 6.54 Å². The molecule has 0 saturated heterocycles. The van der Waals surface area contributed by atoms with E-state index in [9.17, 15) is 0 Å². The van der Waals surface area contributed by atoms with E-state index in [-0.39, 0.29) is 0 Å². The molecule has 150 valence electrons. The van der Waals surface area contributed by atoms with Gasteiger partial charge in [-0.05, 0) is 24.3 Å². The van der Waals surface area contributed by atoms with Crippen LogP contribution in [0.15, 0.2) is 65.1 Å². The number of anilines is 1. The average Bonchev–Trinajstić information content (AvgIpc) is 3.26. The minimum absolute atomic E-state index is 0.598. The number of fused-ring (bicyclic) bond motifs is 2. The number of nitrogens with zero attached hydrogens (tertiary/aromatic N) is 5. The predicted molar refractivity (Wildman–Crippen MR) is 120 cm³/mol. The fourth-order valence-corrected chi connectivity index (χ4v) is 4.58. The Morgan fingerprint density at radius 3 is 2.90 bits per heavy atom. The maximum absolute atomic E-state index is 6.53. The molecular weight excluding hydrogens is 420 g/mol. The molecule has 0 fully saturated rings. The summed E-state index contributed by atoms with van der Waals surface area (Å²) in [6, 6.07) is 13.7. The van der Waals surface area contributed by atoms with Crippen LogP contribution in [0.1, 0.15) is 5.56 Å². The van der Waals surface area contributed by atoms with E-state index in [0.29, 0.717) is 17.3 Å². The summed E-state index contributed by atoms with van der Waals surface area (Å²) in [5.41, 5.74) is 4.32. The van der Waals surface area contributed by atoms with Crippen molar-refractivity contribution in [3.8, 4) is 5.75 Å². The third-order valence-corrected chi connectivity index (χ3v) is 6.16. The molecule has 1 aliphatic heterocycles. The first-order chi connectivity index (χ1) is 14.7. The van der Waals surface area contributed by atoms with E-state index in [0.717, 1.165) is 44.7 Å².